The van der Waals surface area contributed by atoms with Crippen molar-refractivity contribution in [3.8, 4) is 0 Å². The highest BCUT2D eigenvalue weighted by Crippen LogP contribution is 2.38. The van der Waals surface area contributed by atoms with E-state index in [2.05, 4.69) is 4.74 Å². The van der Waals surface area contributed by atoms with Gasteiger partial charge in [-0.2, -0.15) is 11.8 Å². The van der Waals surface area contributed by atoms with E-state index in [0.29, 0.717) is 12.8 Å². The summed E-state index contributed by atoms with van der Waals surface area (Å²) >= 11 is 1.69. The van der Waals surface area contributed by atoms with Crippen LogP contribution in [-0.2, 0) is 9.53 Å². The van der Waals surface area contributed by atoms with Crippen molar-refractivity contribution in [3.63, 3.8) is 0 Å². The molecule has 3 nitrogen and oxygen atoms in total. The van der Waals surface area contributed by atoms with Crippen molar-refractivity contribution in [1.29, 1.82) is 0 Å². The summed E-state index contributed by atoms with van der Waals surface area (Å²) in [5.74, 6) is -2.77. The molecule has 0 aromatic heterocycles. The van der Waals surface area contributed by atoms with Crippen molar-refractivity contribution in [3.05, 3.63) is 0 Å². The van der Waals surface area contributed by atoms with E-state index in [1.54, 1.807) is 11.8 Å². The van der Waals surface area contributed by atoms with Crippen LogP contribution in [0.15, 0.2) is 0 Å². The van der Waals surface area contributed by atoms with Gasteiger partial charge in [-0.05, 0) is 24.3 Å². The van der Waals surface area contributed by atoms with Crippen molar-refractivity contribution in [1.82, 2.24) is 0 Å². The van der Waals surface area contributed by atoms with E-state index in [0.717, 1.165) is 18.6 Å². The third-order valence-corrected chi connectivity index (χ3v) is 3.86. The van der Waals surface area contributed by atoms with Crippen LogP contribution in [0.25, 0.3) is 0 Å². The molecule has 0 radical (unpaired) electrons. The topological polar surface area (TPSA) is 52.3 Å². The van der Waals surface area contributed by atoms with E-state index >= 15 is 0 Å². The third-order valence-electron chi connectivity index (χ3n) is 2.81. The van der Waals surface area contributed by atoms with Crippen molar-refractivity contribution in [2.75, 3.05) is 18.6 Å². The number of carbonyl (C=O) groups is 1. The van der Waals surface area contributed by atoms with E-state index in [9.17, 15) is 13.6 Å². The first-order valence-corrected chi connectivity index (χ1v) is 6.42. The number of esters is 1. The maximum absolute atomic E-state index is 13.8. The molecule has 1 fully saturated rings. The fourth-order valence-corrected chi connectivity index (χ4v) is 2.92. The van der Waals surface area contributed by atoms with E-state index in [4.69, 9.17) is 5.73 Å². The molecule has 16 heavy (non-hydrogen) atoms. The molecule has 1 saturated heterocycles. The Morgan fingerprint density at radius 3 is 2.62 bits per heavy atom. The molecule has 0 saturated carbocycles. The Kier molecular flexibility index (Phi) is 4.98. The van der Waals surface area contributed by atoms with Crippen molar-refractivity contribution >= 4 is 17.7 Å². The van der Waals surface area contributed by atoms with Crippen LogP contribution in [0.2, 0.25) is 0 Å². The van der Waals surface area contributed by atoms with Gasteiger partial charge in [-0.25, -0.2) is 8.78 Å². The van der Waals surface area contributed by atoms with Gasteiger partial charge in [-0.1, -0.05) is 0 Å². The van der Waals surface area contributed by atoms with Crippen LogP contribution in [-0.4, -0.2) is 36.5 Å². The van der Waals surface area contributed by atoms with Crippen LogP contribution in [0, 0.1) is 5.92 Å². The van der Waals surface area contributed by atoms with Crippen molar-refractivity contribution in [2.45, 2.75) is 31.2 Å². The fraction of sp³-hybridized carbons (Fsp3) is 0.900. The number of rotatable bonds is 4. The molecule has 1 heterocycles. The molecule has 0 aliphatic carbocycles. The molecule has 1 atom stereocenters. The second-order valence-electron chi connectivity index (χ2n) is 3.98. The molecule has 1 aliphatic heterocycles. The fourth-order valence-electron chi connectivity index (χ4n) is 1.81. The number of methoxy groups -OCH3 is 1. The molecule has 1 aliphatic rings. The Bertz CT molecular complexity index is 245. The zero-order valence-electron chi connectivity index (χ0n) is 9.25. The molecular weight excluding hydrogens is 236 g/mol. The molecule has 1 rings (SSSR count). The Morgan fingerprint density at radius 2 is 2.12 bits per heavy atom. The van der Waals surface area contributed by atoms with Crippen LogP contribution in [0.5, 0.6) is 0 Å². The third kappa shape index (κ3) is 3.59. The van der Waals surface area contributed by atoms with Gasteiger partial charge in [0, 0.05) is 12.3 Å². The van der Waals surface area contributed by atoms with Gasteiger partial charge in [0.15, 0.2) is 0 Å². The predicted octanol–water partition coefficient (Wildman–Crippen LogP) is 1.66. The minimum atomic E-state index is -2.87. The normalized spacial score (nSPS) is 20.5. The predicted molar refractivity (Wildman–Crippen MR) is 59.6 cm³/mol. The first-order valence-electron chi connectivity index (χ1n) is 5.26. The van der Waals surface area contributed by atoms with E-state index in [1.807, 2.05) is 0 Å². The maximum Gasteiger partial charge on any atom is 0.322 e. The molecule has 6 heteroatoms. The number of ether oxygens (including phenoxy) is 1. The highest BCUT2D eigenvalue weighted by Gasteiger charge is 2.42. The lowest BCUT2D eigenvalue weighted by Crippen LogP contribution is -2.42. The summed E-state index contributed by atoms with van der Waals surface area (Å²) in [6, 6.07) is -1.23. The van der Waals surface area contributed by atoms with Gasteiger partial charge in [0.25, 0.3) is 5.92 Å². The molecule has 1 unspecified atom stereocenters. The molecule has 0 spiro atoms. The van der Waals surface area contributed by atoms with E-state index < -0.39 is 30.3 Å². The van der Waals surface area contributed by atoms with Crippen LogP contribution >= 0.6 is 11.8 Å². The van der Waals surface area contributed by atoms with Gasteiger partial charge in [0.05, 0.1) is 7.11 Å². The molecule has 0 amide bonds. The number of hydrogen-bond acceptors (Lipinski definition) is 4. The summed E-state index contributed by atoms with van der Waals surface area (Å²) in [4.78, 5) is 11.0. The summed E-state index contributed by atoms with van der Waals surface area (Å²) in [5, 5.41) is 0. The van der Waals surface area contributed by atoms with Gasteiger partial charge >= 0.3 is 5.97 Å². The van der Waals surface area contributed by atoms with Gasteiger partial charge < -0.3 is 10.5 Å². The maximum atomic E-state index is 13.8. The largest absolute Gasteiger partial charge is 0.468 e. The van der Waals surface area contributed by atoms with Gasteiger partial charge in [0.1, 0.15) is 6.04 Å². The Balaban J connectivity index is 2.52. The van der Waals surface area contributed by atoms with Crippen LogP contribution < -0.4 is 5.73 Å². The number of thioether (sulfide) groups is 1. The highest BCUT2D eigenvalue weighted by molar-refractivity contribution is 7.99. The summed E-state index contributed by atoms with van der Waals surface area (Å²) in [6.45, 7) is 0. The SMILES string of the molecule is COC(=O)C(N)CC(F)(F)C1CCSCC1. The standard InChI is InChI=1S/C10H17F2NO2S/c1-15-9(14)8(13)6-10(11,12)7-2-4-16-5-3-7/h7-8H,2-6,13H2,1H3. The van der Waals surface area contributed by atoms with Gasteiger partial charge in [-0.3, -0.25) is 4.79 Å². The number of hydrogen-bond donors (Lipinski definition) is 1. The number of carbonyl (C=O) groups excluding carboxylic acids is 1. The quantitative estimate of drug-likeness (QED) is 0.774. The minimum absolute atomic E-state index is 0.492. The lowest BCUT2D eigenvalue weighted by atomic mass is 9.90. The smallest absolute Gasteiger partial charge is 0.322 e. The molecular formula is C10H17F2NO2S. The molecule has 2 N–H and O–H groups in total. The minimum Gasteiger partial charge on any atom is -0.468 e. The Hall–Kier alpha value is -0.360. The van der Waals surface area contributed by atoms with Gasteiger partial charge in [-0.15, -0.1) is 0 Å². The lowest BCUT2D eigenvalue weighted by Gasteiger charge is -2.30. The number of nitrogens with two attached hydrogens (primary N) is 1. The Labute approximate surface area is 98.1 Å². The monoisotopic (exact) mass is 253 g/mol. The first kappa shape index (κ1) is 13.7. The second-order valence-corrected chi connectivity index (χ2v) is 5.21. The summed E-state index contributed by atoms with van der Waals surface area (Å²) in [7, 11) is 1.15. The molecule has 0 aromatic carbocycles. The summed E-state index contributed by atoms with van der Waals surface area (Å²) in [6.07, 6.45) is 0.367. The lowest BCUT2D eigenvalue weighted by molar-refractivity contribution is -0.146. The van der Waals surface area contributed by atoms with E-state index in [-0.39, 0.29) is 0 Å². The average molecular weight is 253 g/mol. The Morgan fingerprint density at radius 1 is 1.56 bits per heavy atom. The van der Waals surface area contributed by atoms with Crippen molar-refractivity contribution < 1.29 is 18.3 Å². The molecule has 0 bridgehead atoms. The summed E-state index contributed by atoms with van der Waals surface area (Å²) < 4.78 is 31.9. The van der Waals surface area contributed by atoms with Crippen LogP contribution in [0.3, 0.4) is 0 Å². The summed E-state index contributed by atoms with van der Waals surface area (Å²) in [5.41, 5.74) is 5.36. The molecule has 94 valence electrons. The zero-order valence-corrected chi connectivity index (χ0v) is 10.1. The highest BCUT2D eigenvalue weighted by atomic mass is 32.2. The van der Waals surface area contributed by atoms with Crippen molar-refractivity contribution in [2.24, 2.45) is 11.7 Å². The number of halogens is 2. The second kappa shape index (κ2) is 5.82. The van der Waals surface area contributed by atoms with Gasteiger partial charge in [0.2, 0.25) is 0 Å². The van der Waals surface area contributed by atoms with E-state index in [1.165, 1.54) is 0 Å². The molecule has 0 aromatic rings. The first-order chi connectivity index (χ1) is 7.47. The number of alkyl halides is 2. The van der Waals surface area contributed by atoms with Crippen LogP contribution in [0.1, 0.15) is 19.3 Å². The average Bonchev–Trinajstić information content (AvgIpc) is 2.28. The zero-order chi connectivity index (χ0) is 12.2. The van der Waals surface area contributed by atoms with Crippen LogP contribution in [0.4, 0.5) is 8.78 Å².